The van der Waals surface area contributed by atoms with Crippen molar-refractivity contribution in [3.05, 3.63) is 41.7 Å². The van der Waals surface area contributed by atoms with Gasteiger partial charge in [-0.05, 0) is 17.7 Å². The maximum absolute atomic E-state index is 5.43. The van der Waals surface area contributed by atoms with Crippen molar-refractivity contribution in [2.24, 2.45) is 0 Å². The third kappa shape index (κ3) is 8.74. The first-order valence-corrected chi connectivity index (χ1v) is 8.31. The minimum Gasteiger partial charge on any atom is -0.388 e. The van der Waals surface area contributed by atoms with Gasteiger partial charge in [-0.25, -0.2) is 4.68 Å². The van der Waals surface area contributed by atoms with E-state index in [9.17, 15) is 0 Å². The largest absolute Gasteiger partial charge is 0.388 e. The molecule has 0 bridgehead atoms. The second-order valence-corrected chi connectivity index (χ2v) is 5.81. The van der Waals surface area contributed by atoms with Gasteiger partial charge in [-0.3, -0.25) is 0 Å². The van der Waals surface area contributed by atoms with Crippen LogP contribution in [0, 0.1) is 0 Å². The van der Waals surface area contributed by atoms with Gasteiger partial charge in [0.15, 0.2) is 0 Å². The molecule has 1 heterocycles. The number of hydrogen-bond donors (Lipinski definition) is 1. The fourth-order valence-electron chi connectivity index (χ4n) is 1.90. The van der Waals surface area contributed by atoms with Crippen molar-refractivity contribution in [3.8, 4) is 5.69 Å². The predicted octanol–water partition coefficient (Wildman–Crippen LogP) is 2.19. The van der Waals surface area contributed by atoms with Gasteiger partial charge in [-0.15, -0.1) is 5.10 Å². The highest BCUT2D eigenvalue weighted by Gasteiger charge is 2.03. The summed E-state index contributed by atoms with van der Waals surface area (Å²) in [5.74, 6) is 0. The highest BCUT2D eigenvalue weighted by molar-refractivity contribution is 5.33. The standard InChI is InChI=1S/C16H24N4O2.C2H6O/c1-13(2)17-10-14-4-6-16(7-5-14)20-11-15(18-19-20)12-22-9-8-21-3;1-3-2/h4-7,11,13,17H,8-10,12H2,1-3H3;1-2H3. The Morgan fingerprint density at radius 3 is 2.36 bits per heavy atom. The number of methoxy groups -OCH3 is 2. The van der Waals surface area contributed by atoms with Gasteiger partial charge in [0, 0.05) is 33.9 Å². The molecule has 140 valence electrons. The normalized spacial score (nSPS) is 10.6. The third-order valence-corrected chi connectivity index (χ3v) is 3.14. The first kappa shape index (κ1) is 21.2. The van der Waals surface area contributed by atoms with Gasteiger partial charge in [0.2, 0.25) is 0 Å². The van der Waals surface area contributed by atoms with Gasteiger partial charge >= 0.3 is 0 Å². The number of benzene rings is 1. The van der Waals surface area contributed by atoms with E-state index in [0.29, 0.717) is 25.9 Å². The summed E-state index contributed by atoms with van der Waals surface area (Å²) in [5.41, 5.74) is 3.05. The number of aromatic nitrogens is 3. The summed E-state index contributed by atoms with van der Waals surface area (Å²) in [7, 11) is 4.90. The summed E-state index contributed by atoms with van der Waals surface area (Å²) >= 11 is 0. The lowest BCUT2D eigenvalue weighted by Crippen LogP contribution is -2.21. The summed E-state index contributed by atoms with van der Waals surface area (Å²) < 4.78 is 16.4. The lowest BCUT2D eigenvalue weighted by molar-refractivity contribution is 0.0602. The SMILES string of the molecule is COC.COCCOCc1cn(-c2ccc(CNC(C)C)cc2)nn1. The van der Waals surface area contributed by atoms with Crippen LogP contribution >= 0.6 is 0 Å². The summed E-state index contributed by atoms with van der Waals surface area (Å²) in [4.78, 5) is 0. The second kappa shape index (κ2) is 12.5. The van der Waals surface area contributed by atoms with E-state index in [1.165, 1.54) is 5.56 Å². The summed E-state index contributed by atoms with van der Waals surface area (Å²) in [6.07, 6.45) is 1.88. The minimum absolute atomic E-state index is 0.444. The van der Waals surface area contributed by atoms with E-state index in [1.54, 1.807) is 26.0 Å². The molecule has 0 saturated heterocycles. The number of nitrogens with one attached hydrogen (secondary N) is 1. The molecule has 0 aliphatic rings. The Hall–Kier alpha value is -1.80. The molecular formula is C18H30N4O3. The van der Waals surface area contributed by atoms with E-state index in [-0.39, 0.29) is 0 Å². The number of ether oxygens (including phenoxy) is 3. The molecule has 25 heavy (non-hydrogen) atoms. The molecule has 0 aliphatic carbocycles. The summed E-state index contributed by atoms with van der Waals surface area (Å²) in [5, 5.41) is 11.6. The third-order valence-electron chi connectivity index (χ3n) is 3.14. The van der Waals surface area contributed by atoms with Crippen LogP contribution < -0.4 is 5.32 Å². The van der Waals surface area contributed by atoms with Crippen LogP contribution in [0.25, 0.3) is 5.69 Å². The Kier molecular flexibility index (Phi) is 10.7. The molecule has 1 aromatic heterocycles. The van der Waals surface area contributed by atoms with E-state index in [1.807, 2.05) is 18.3 Å². The molecule has 1 aromatic carbocycles. The topological polar surface area (TPSA) is 70.4 Å². The van der Waals surface area contributed by atoms with E-state index < -0.39 is 0 Å². The molecule has 0 saturated carbocycles. The van der Waals surface area contributed by atoms with Gasteiger partial charge in [0.1, 0.15) is 5.69 Å². The number of rotatable bonds is 9. The van der Waals surface area contributed by atoms with Crippen molar-refractivity contribution >= 4 is 0 Å². The zero-order valence-electron chi connectivity index (χ0n) is 15.9. The zero-order valence-corrected chi connectivity index (χ0v) is 15.9. The first-order chi connectivity index (χ1) is 12.1. The highest BCUT2D eigenvalue weighted by atomic mass is 16.5. The van der Waals surface area contributed by atoms with Crippen molar-refractivity contribution < 1.29 is 14.2 Å². The smallest absolute Gasteiger partial charge is 0.109 e. The average Bonchev–Trinajstić information content (AvgIpc) is 3.07. The Labute approximate surface area is 150 Å². The van der Waals surface area contributed by atoms with E-state index >= 15 is 0 Å². The van der Waals surface area contributed by atoms with Gasteiger partial charge < -0.3 is 19.5 Å². The molecule has 2 rings (SSSR count). The lowest BCUT2D eigenvalue weighted by atomic mass is 10.2. The van der Waals surface area contributed by atoms with Gasteiger partial charge in [-0.1, -0.05) is 31.2 Å². The van der Waals surface area contributed by atoms with Crippen LogP contribution in [-0.4, -0.2) is 55.6 Å². The van der Waals surface area contributed by atoms with Crippen molar-refractivity contribution in [1.82, 2.24) is 20.3 Å². The van der Waals surface area contributed by atoms with Crippen LogP contribution in [0.15, 0.2) is 30.5 Å². The fourth-order valence-corrected chi connectivity index (χ4v) is 1.90. The van der Waals surface area contributed by atoms with Crippen LogP contribution in [-0.2, 0) is 27.4 Å². The molecule has 0 unspecified atom stereocenters. The molecule has 0 amide bonds. The van der Waals surface area contributed by atoms with Crippen molar-refractivity contribution in [2.45, 2.75) is 33.0 Å². The van der Waals surface area contributed by atoms with Crippen molar-refractivity contribution in [3.63, 3.8) is 0 Å². The van der Waals surface area contributed by atoms with Crippen molar-refractivity contribution in [2.75, 3.05) is 34.5 Å². The lowest BCUT2D eigenvalue weighted by Gasteiger charge is -2.08. The Morgan fingerprint density at radius 2 is 1.76 bits per heavy atom. The van der Waals surface area contributed by atoms with Crippen LogP contribution in [0.2, 0.25) is 0 Å². The Bertz CT molecular complexity index is 570. The van der Waals surface area contributed by atoms with Gasteiger partial charge in [0.05, 0.1) is 31.7 Å². The van der Waals surface area contributed by atoms with Gasteiger partial charge in [0.25, 0.3) is 0 Å². The summed E-state index contributed by atoms with van der Waals surface area (Å²) in [6, 6.07) is 8.77. The zero-order chi connectivity index (χ0) is 18.5. The van der Waals surface area contributed by atoms with E-state index in [2.05, 4.69) is 46.3 Å². The molecule has 0 spiro atoms. The van der Waals surface area contributed by atoms with Gasteiger partial charge in [-0.2, -0.15) is 0 Å². The quantitative estimate of drug-likeness (QED) is 0.699. The van der Waals surface area contributed by atoms with Crippen molar-refractivity contribution in [1.29, 1.82) is 0 Å². The fraction of sp³-hybridized carbons (Fsp3) is 0.556. The maximum atomic E-state index is 5.43. The molecule has 7 heteroatoms. The Morgan fingerprint density at radius 1 is 1.08 bits per heavy atom. The highest BCUT2D eigenvalue weighted by Crippen LogP contribution is 2.09. The number of hydrogen-bond acceptors (Lipinski definition) is 6. The first-order valence-electron chi connectivity index (χ1n) is 8.31. The maximum Gasteiger partial charge on any atom is 0.109 e. The molecule has 2 aromatic rings. The minimum atomic E-state index is 0.444. The van der Waals surface area contributed by atoms with E-state index in [4.69, 9.17) is 9.47 Å². The monoisotopic (exact) mass is 350 g/mol. The Balaban J connectivity index is 0.000000970. The molecule has 0 radical (unpaired) electrons. The number of nitrogens with zero attached hydrogens (tertiary/aromatic N) is 3. The summed E-state index contributed by atoms with van der Waals surface area (Å²) in [6.45, 7) is 6.73. The molecule has 7 nitrogen and oxygen atoms in total. The molecule has 0 fully saturated rings. The van der Waals surface area contributed by atoms with Crippen LogP contribution in [0.4, 0.5) is 0 Å². The van der Waals surface area contributed by atoms with Crippen LogP contribution in [0.3, 0.4) is 0 Å². The second-order valence-electron chi connectivity index (χ2n) is 5.81. The van der Waals surface area contributed by atoms with Crippen LogP contribution in [0.1, 0.15) is 25.1 Å². The van der Waals surface area contributed by atoms with E-state index in [0.717, 1.165) is 17.9 Å². The molecular weight excluding hydrogens is 320 g/mol. The molecule has 0 aliphatic heterocycles. The predicted molar refractivity (Wildman–Crippen MR) is 97.8 cm³/mol. The average molecular weight is 350 g/mol. The van der Waals surface area contributed by atoms with Crippen LogP contribution in [0.5, 0.6) is 0 Å². The molecule has 0 atom stereocenters. The molecule has 1 N–H and O–H groups in total.